The number of carbonyl (C=O) groups excluding carboxylic acids is 2. The van der Waals surface area contributed by atoms with E-state index in [-0.39, 0.29) is 30.0 Å². The summed E-state index contributed by atoms with van der Waals surface area (Å²) in [5.41, 5.74) is 1.53. The van der Waals surface area contributed by atoms with Crippen LogP contribution in [0.5, 0.6) is 0 Å². The molecule has 1 aromatic heterocycles. The average molecular weight is 422 g/mol. The van der Waals surface area contributed by atoms with E-state index in [0.717, 1.165) is 16.5 Å². The number of nitrogens with zero attached hydrogens (tertiary/aromatic N) is 2. The van der Waals surface area contributed by atoms with Crippen molar-refractivity contribution in [1.29, 1.82) is 0 Å². The average Bonchev–Trinajstić information content (AvgIpc) is 3.03. The number of benzene rings is 1. The summed E-state index contributed by atoms with van der Waals surface area (Å²) in [5, 5.41) is 3.98. The molecule has 2 amide bonds. The molecule has 1 unspecified atom stereocenters. The molecule has 1 aromatic carbocycles. The zero-order valence-corrected chi connectivity index (χ0v) is 16.8. The van der Waals surface area contributed by atoms with Gasteiger partial charge in [0.15, 0.2) is 9.84 Å². The van der Waals surface area contributed by atoms with Crippen molar-refractivity contribution in [2.24, 2.45) is 0 Å². The van der Waals surface area contributed by atoms with Crippen molar-refractivity contribution in [3.05, 3.63) is 47.1 Å². The lowest BCUT2D eigenvalue weighted by Gasteiger charge is -2.23. The molecule has 0 spiro atoms. The number of halogens is 1. The van der Waals surface area contributed by atoms with Gasteiger partial charge in [0.05, 0.1) is 23.6 Å². The van der Waals surface area contributed by atoms with Gasteiger partial charge in [-0.25, -0.2) is 8.42 Å². The predicted molar refractivity (Wildman–Crippen MR) is 109 cm³/mol. The summed E-state index contributed by atoms with van der Waals surface area (Å²) >= 11 is 5.98. The first-order chi connectivity index (χ1) is 13.2. The normalized spacial score (nSPS) is 18.4. The SMILES string of the molecule is CN(C(=O)CNC(=O)/C=C/c1cnc2ccc(Cl)cc2c1)C1CCS(=O)(=O)C1. The number of likely N-dealkylation sites (N-methyl/N-ethyl adjacent to an activating group) is 1. The number of fused-ring (bicyclic) bond motifs is 1. The maximum absolute atomic E-state index is 12.2. The summed E-state index contributed by atoms with van der Waals surface area (Å²) in [7, 11) is -1.51. The highest BCUT2D eigenvalue weighted by atomic mass is 35.5. The molecule has 1 aliphatic rings. The van der Waals surface area contributed by atoms with Gasteiger partial charge < -0.3 is 10.2 Å². The fourth-order valence-corrected chi connectivity index (χ4v) is 4.97. The Morgan fingerprint density at radius 1 is 1.36 bits per heavy atom. The third kappa shape index (κ3) is 5.08. The first kappa shape index (κ1) is 20.3. The minimum atomic E-state index is -3.07. The Morgan fingerprint density at radius 3 is 2.86 bits per heavy atom. The van der Waals surface area contributed by atoms with E-state index < -0.39 is 15.7 Å². The van der Waals surface area contributed by atoms with Crippen molar-refractivity contribution in [2.45, 2.75) is 12.5 Å². The van der Waals surface area contributed by atoms with Gasteiger partial charge in [0.25, 0.3) is 0 Å². The Kier molecular flexibility index (Phi) is 6.00. The van der Waals surface area contributed by atoms with E-state index in [9.17, 15) is 18.0 Å². The number of hydrogen-bond acceptors (Lipinski definition) is 5. The maximum atomic E-state index is 12.2. The van der Waals surface area contributed by atoms with Crippen molar-refractivity contribution in [1.82, 2.24) is 15.2 Å². The molecule has 0 aliphatic carbocycles. The van der Waals surface area contributed by atoms with E-state index in [2.05, 4.69) is 10.3 Å². The Morgan fingerprint density at radius 2 is 2.14 bits per heavy atom. The Hall–Kier alpha value is -2.45. The molecule has 1 saturated heterocycles. The third-order valence-electron chi connectivity index (χ3n) is 4.65. The molecule has 1 fully saturated rings. The maximum Gasteiger partial charge on any atom is 0.244 e. The van der Waals surface area contributed by atoms with Crippen LogP contribution in [0, 0.1) is 0 Å². The van der Waals surface area contributed by atoms with Gasteiger partial charge in [-0.15, -0.1) is 0 Å². The number of carbonyl (C=O) groups is 2. The molecule has 1 atom stereocenters. The van der Waals surface area contributed by atoms with Gasteiger partial charge in [-0.2, -0.15) is 0 Å². The molecular formula is C19H20ClN3O4S. The lowest BCUT2D eigenvalue weighted by atomic mass is 10.1. The van der Waals surface area contributed by atoms with Crippen LogP contribution in [-0.4, -0.2) is 61.3 Å². The van der Waals surface area contributed by atoms with E-state index >= 15 is 0 Å². The number of nitrogens with one attached hydrogen (secondary N) is 1. The zero-order valence-electron chi connectivity index (χ0n) is 15.3. The molecule has 3 rings (SSSR count). The lowest BCUT2D eigenvalue weighted by Crippen LogP contribution is -2.43. The first-order valence-corrected chi connectivity index (χ1v) is 10.9. The summed E-state index contributed by atoms with van der Waals surface area (Å²) in [6.45, 7) is -0.193. The number of aromatic nitrogens is 1. The first-order valence-electron chi connectivity index (χ1n) is 8.71. The van der Waals surface area contributed by atoms with Gasteiger partial charge in [0.2, 0.25) is 11.8 Å². The summed E-state index contributed by atoms with van der Waals surface area (Å²) in [6.07, 6.45) is 4.98. The fraction of sp³-hybridized carbons (Fsp3) is 0.316. The van der Waals surface area contributed by atoms with Crippen LogP contribution in [0.1, 0.15) is 12.0 Å². The molecular weight excluding hydrogens is 402 g/mol. The molecule has 0 radical (unpaired) electrons. The number of hydrogen-bond donors (Lipinski definition) is 1. The van der Waals surface area contributed by atoms with Crippen LogP contribution >= 0.6 is 11.6 Å². The largest absolute Gasteiger partial charge is 0.343 e. The minimum absolute atomic E-state index is 0.0257. The fourth-order valence-electron chi connectivity index (χ4n) is 3.01. The van der Waals surface area contributed by atoms with Crippen molar-refractivity contribution in [3.8, 4) is 0 Å². The summed E-state index contributed by atoms with van der Waals surface area (Å²) in [4.78, 5) is 29.8. The van der Waals surface area contributed by atoms with Crippen molar-refractivity contribution in [3.63, 3.8) is 0 Å². The molecule has 0 bridgehead atoms. The van der Waals surface area contributed by atoms with Gasteiger partial charge in [-0.1, -0.05) is 11.6 Å². The molecule has 1 aliphatic heterocycles. The van der Waals surface area contributed by atoms with Crippen LogP contribution in [0.15, 0.2) is 36.5 Å². The van der Waals surface area contributed by atoms with Gasteiger partial charge >= 0.3 is 0 Å². The zero-order chi connectivity index (χ0) is 20.3. The van der Waals surface area contributed by atoms with Gasteiger partial charge in [0, 0.05) is 35.8 Å². The lowest BCUT2D eigenvalue weighted by molar-refractivity contribution is -0.132. The monoisotopic (exact) mass is 421 g/mol. The van der Waals surface area contributed by atoms with E-state index in [4.69, 9.17) is 11.6 Å². The second kappa shape index (κ2) is 8.28. The van der Waals surface area contributed by atoms with Crippen molar-refractivity contribution >= 4 is 50.2 Å². The summed E-state index contributed by atoms with van der Waals surface area (Å²) < 4.78 is 23.1. The predicted octanol–water partition coefficient (Wildman–Crippen LogP) is 1.66. The van der Waals surface area contributed by atoms with Gasteiger partial charge in [-0.05, 0) is 42.3 Å². The highest BCUT2D eigenvalue weighted by Gasteiger charge is 2.32. The van der Waals surface area contributed by atoms with Crippen LogP contribution < -0.4 is 5.32 Å². The Balaban J connectivity index is 1.54. The van der Waals surface area contributed by atoms with Crippen molar-refractivity contribution < 1.29 is 18.0 Å². The molecule has 0 saturated carbocycles. The van der Waals surface area contributed by atoms with Crippen LogP contribution in [0.3, 0.4) is 0 Å². The van der Waals surface area contributed by atoms with E-state index in [1.165, 1.54) is 11.0 Å². The van der Waals surface area contributed by atoms with Crippen LogP contribution in [0.25, 0.3) is 17.0 Å². The van der Waals surface area contributed by atoms with Crippen molar-refractivity contribution in [2.75, 3.05) is 25.1 Å². The molecule has 28 heavy (non-hydrogen) atoms. The molecule has 2 heterocycles. The number of amides is 2. The highest BCUT2D eigenvalue weighted by Crippen LogP contribution is 2.19. The summed E-state index contributed by atoms with van der Waals surface area (Å²) in [5.74, 6) is -0.685. The minimum Gasteiger partial charge on any atom is -0.343 e. The standard InChI is InChI=1S/C19H20ClN3O4S/c1-23(16-6-7-28(26,27)12-16)19(25)11-22-18(24)5-2-13-8-14-9-15(20)3-4-17(14)21-10-13/h2-5,8-10,16H,6-7,11-12H2,1H3,(H,22,24)/b5-2+. The second-order valence-corrected chi connectivity index (χ2v) is 9.38. The third-order valence-corrected chi connectivity index (χ3v) is 6.64. The topological polar surface area (TPSA) is 96.4 Å². The summed E-state index contributed by atoms with van der Waals surface area (Å²) in [6, 6.07) is 6.89. The highest BCUT2D eigenvalue weighted by molar-refractivity contribution is 7.91. The van der Waals surface area contributed by atoms with Gasteiger partial charge in [-0.3, -0.25) is 14.6 Å². The molecule has 9 heteroatoms. The quantitative estimate of drug-likeness (QED) is 0.740. The van der Waals surface area contributed by atoms with Crippen LogP contribution in [0.4, 0.5) is 0 Å². The number of pyridine rings is 1. The number of sulfone groups is 1. The molecule has 2 aromatic rings. The molecule has 7 nitrogen and oxygen atoms in total. The number of rotatable bonds is 5. The van der Waals surface area contributed by atoms with E-state index in [1.54, 1.807) is 31.5 Å². The van der Waals surface area contributed by atoms with Crippen LogP contribution in [-0.2, 0) is 19.4 Å². The Bertz CT molecular complexity index is 1050. The van der Waals surface area contributed by atoms with E-state index in [0.29, 0.717) is 11.4 Å². The molecule has 1 N–H and O–H groups in total. The van der Waals surface area contributed by atoms with Crippen LogP contribution in [0.2, 0.25) is 5.02 Å². The smallest absolute Gasteiger partial charge is 0.244 e. The van der Waals surface area contributed by atoms with E-state index in [1.807, 2.05) is 12.1 Å². The second-order valence-electron chi connectivity index (χ2n) is 6.72. The molecule has 148 valence electrons. The van der Waals surface area contributed by atoms with Gasteiger partial charge in [0.1, 0.15) is 0 Å². The Labute approximate surface area is 168 Å².